The molecular formula is C26H27BrN5O2S+. The Kier molecular flexibility index (Phi) is 6.28. The van der Waals surface area contributed by atoms with Gasteiger partial charge in [0, 0.05) is 15.3 Å². The molecule has 1 saturated carbocycles. The number of nitrogens with two attached hydrogens (primary N) is 1. The normalized spacial score (nSPS) is 16.6. The molecule has 0 radical (unpaired) electrons. The van der Waals surface area contributed by atoms with Gasteiger partial charge < -0.3 is 20.2 Å². The Morgan fingerprint density at radius 3 is 2.69 bits per heavy atom. The third-order valence-electron chi connectivity index (χ3n) is 7.00. The zero-order chi connectivity index (χ0) is 23.8. The molecule has 1 aliphatic carbocycles. The minimum absolute atomic E-state index is 0.242. The van der Waals surface area contributed by atoms with Gasteiger partial charge in [-0.3, -0.25) is 0 Å². The lowest BCUT2D eigenvalue weighted by atomic mass is 9.76. The van der Waals surface area contributed by atoms with Gasteiger partial charge in [0.05, 0.1) is 6.54 Å². The maximum atomic E-state index is 6.27. The van der Waals surface area contributed by atoms with Crippen LogP contribution in [0.3, 0.4) is 0 Å². The van der Waals surface area contributed by atoms with E-state index in [9.17, 15) is 0 Å². The second kappa shape index (κ2) is 9.70. The van der Waals surface area contributed by atoms with E-state index in [4.69, 9.17) is 20.2 Å². The van der Waals surface area contributed by atoms with Crippen LogP contribution in [0.4, 0.5) is 5.82 Å². The number of nitrogens with zero attached hydrogens (tertiary/aromatic N) is 3. The number of nitrogens with one attached hydrogen (secondary N) is 1. The van der Waals surface area contributed by atoms with Crippen LogP contribution in [0.2, 0.25) is 0 Å². The van der Waals surface area contributed by atoms with Crippen LogP contribution in [-0.4, -0.2) is 21.7 Å². The van der Waals surface area contributed by atoms with Crippen LogP contribution in [0, 0.1) is 5.92 Å². The molecule has 9 heteroatoms. The maximum absolute atomic E-state index is 6.27. The van der Waals surface area contributed by atoms with E-state index >= 15 is 0 Å². The molecule has 3 heterocycles. The van der Waals surface area contributed by atoms with E-state index in [2.05, 4.69) is 60.8 Å². The molecule has 3 N–H and O–H groups in total. The highest BCUT2D eigenvalue weighted by Gasteiger charge is 2.29. The van der Waals surface area contributed by atoms with Crippen molar-refractivity contribution in [2.24, 2.45) is 5.92 Å². The van der Waals surface area contributed by atoms with Gasteiger partial charge in [0.15, 0.2) is 17.0 Å². The number of nitrogen functional groups attached to an aromatic ring is 1. The molecule has 1 fully saturated rings. The number of benzene rings is 2. The van der Waals surface area contributed by atoms with E-state index in [-0.39, 0.29) is 6.79 Å². The SMILES string of the molecule is Nc1nc[n+](CC(c2ccccc2)C2CCCCC2)c2nc(Sc3cc4c(cc3Br)OCO4)[nH]c12. The Bertz CT molecular complexity index is 1360. The second-order valence-corrected chi connectivity index (χ2v) is 11.1. The highest BCUT2D eigenvalue weighted by Crippen LogP contribution is 2.42. The summed E-state index contributed by atoms with van der Waals surface area (Å²) in [5, 5.41) is 0.752. The van der Waals surface area contributed by atoms with Gasteiger partial charge in [-0.05, 0) is 64.1 Å². The smallest absolute Gasteiger partial charge is 0.294 e. The zero-order valence-corrected chi connectivity index (χ0v) is 21.6. The molecule has 1 atom stereocenters. The predicted molar refractivity (Wildman–Crippen MR) is 139 cm³/mol. The van der Waals surface area contributed by atoms with E-state index < -0.39 is 0 Å². The highest BCUT2D eigenvalue weighted by molar-refractivity contribution is 9.10. The van der Waals surface area contributed by atoms with Crippen molar-refractivity contribution >= 4 is 44.7 Å². The van der Waals surface area contributed by atoms with Crippen LogP contribution < -0.4 is 19.8 Å². The van der Waals surface area contributed by atoms with Crippen molar-refractivity contribution in [1.82, 2.24) is 15.0 Å². The molecule has 2 aliphatic rings. The van der Waals surface area contributed by atoms with E-state index in [0.29, 0.717) is 17.7 Å². The molecule has 1 aliphatic heterocycles. The summed E-state index contributed by atoms with van der Waals surface area (Å²) in [6.07, 6.45) is 8.33. The number of aromatic amines is 1. The maximum Gasteiger partial charge on any atom is 0.294 e. The Morgan fingerprint density at radius 2 is 1.89 bits per heavy atom. The molecule has 2 aromatic heterocycles. The summed E-state index contributed by atoms with van der Waals surface area (Å²) in [6.45, 7) is 1.06. The number of ether oxygens (including phenoxy) is 2. The molecule has 6 rings (SSSR count). The molecule has 7 nitrogen and oxygen atoms in total. The molecule has 2 aromatic carbocycles. The van der Waals surface area contributed by atoms with Crippen molar-refractivity contribution in [1.29, 1.82) is 0 Å². The van der Waals surface area contributed by atoms with Crippen molar-refractivity contribution in [3.63, 3.8) is 0 Å². The first-order valence-electron chi connectivity index (χ1n) is 12.0. The lowest BCUT2D eigenvalue weighted by Crippen LogP contribution is -2.40. The average Bonchev–Trinajstić information content (AvgIpc) is 3.52. The van der Waals surface area contributed by atoms with Gasteiger partial charge in [-0.1, -0.05) is 59.6 Å². The lowest BCUT2D eigenvalue weighted by Gasteiger charge is -2.30. The Labute approximate surface area is 216 Å². The van der Waals surface area contributed by atoms with E-state index in [1.165, 1.54) is 49.4 Å². The molecule has 0 amide bonds. The summed E-state index contributed by atoms with van der Waals surface area (Å²) in [4.78, 5) is 13.8. The number of H-pyrrole nitrogens is 1. The van der Waals surface area contributed by atoms with Crippen LogP contribution in [0.1, 0.15) is 43.6 Å². The van der Waals surface area contributed by atoms with Crippen LogP contribution in [0.5, 0.6) is 11.5 Å². The summed E-state index contributed by atoms with van der Waals surface area (Å²) < 4.78 is 14.1. The number of hydrogen-bond acceptors (Lipinski definition) is 6. The number of halogens is 1. The topological polar surface area (TPSA) is 89.9 Å². The van der Waals surface area contributed by atoms with E-state index in [1.807, 2.05) is 18.5 Å². The molecule has 0 spiro atoms. The minimum Gasteiger partial charge on any atom is -0.454 e. The molecular weight excluding hydrogens is 526 g/mol. The predicted octanol–water partition coefficient (Wildman–Crippen LogP) is 5.83. The molecule has 35 heavy (non-hydrogen) atoms. The third kappa shape index (κ3) is 4.59. The minimum atomic E-state index is 0.242. The number of rotatable bonds is 6. The molecule has 1 unspecified atom stereocenters. The molecule has 4 aromatic rings. The van der Waals surface area contributed by atoms with Crippen LogP contribution in [0.25, 0.3) is 11.2 Å². The molecule has 0 saturated heterocycles. The first kappa shape index (κ1) is 22.7. The van der Waals surface area contributed by atoms with Crippen molar-refractivity contribution in [2.75, 3.05) is 12.5 Å². The summed E-state index contributed by atoms with van der Waals surface area (Å²) in [5.74, 6) is 3.00. The Morgan fingerprint density at radius 1 is 1.11 bits per heavy atom. The fourth-order valence-corrected chi connectivity index (χ4v) is 6.60. The second-order valence-electron chi connectivity index (χ2n) is 9.18. The van der Waals surface area contributed by atoms with Crippen LogP contribution in [-0.2, 0) is 6.54 Å². The quantitative estimate of drug-likeness (QED) is 0.292. The van der Waals surface area contributed by atoms with E-state index in [0.717, 1.165) is 43.7 Å². The zero-order valence-electron chi connectivity index (χ0n) is 19.2. The summed E-state index contributed by atoms with van der Waals surface area (Å²) in [7, 11) is 0. The molecule has 180 valence electrons. The highest BCUT2D eigenvalue weighted by atomic mass is 79.9. The monoisotopic (exact) mass is 552 g/mol. The lowest BCUT2D eigenvalue weighted by molar-refractivity contribution is -0.679. The summed E-state index contributed by atoms with van der Waals surface area (Å²) >= 11 is 5.16. The van der Waals surface area contributed by atoms with Crippen molar-refractivity contribution in [3.05, 3.63) is 58.8 Å². The third-order valence-corrected chi connectivity index (χ3v) is 8.86. The number of hydrogen-bond donors (Lipinski definition) is 2. The number of aromatic nitrogens is 4. The standard InChI is InChI=1S/C26H26BrN5O2S/c27-19-11-20-21(34-15-33-20)12-22(19)35-26-30-23-24(28)29-14-32(25(23)31-26)13-18(16-7-3-1-4-8-16)17-9-5-2-6-10-17/h1,3-4,7-8,11-12,14,17-18H,2,5-6,9-10,13,15H2,(H2,28,30,31)/p+1. The van der Waals surface area contributed by atoms with Crippen molar-refractivity contribution in [3.8, 4) is 11.5 Å². The van der Waals surface area contributed by atoms with Gasteiger partial charge in [0.1, 0.15) is 0 Å². The van der Waals surface area contributed by atoms with E-state index in [1.54, 1.807) is 0 Å². The van der Waals surface area contributed by atoms with Gasteiger partial charge >= 0.3 is 0 Å². The Balaban J connectivity index is 1.34. The summed E-state index contributed by atoms with van der Waals surface area (Å²) in [6, 6.07) is 14.8. The van der Waals surface area contributed by atoms with Crippen LogP contribution in [0.15, 0.2) is 63.3 Å². The van der Waals surface area contributed by atoms with Gasteiger partial charge in [-0.15, -0.1) is 0 Å². The van der Waals surface area contributed by atoms with Gasteiger partial charge in [0.25, 0.3) is 5.65 Å². The Hall–Kier alpha value is -2.78. The first-order chi connectivity index (χ1) is 17.2. The fraction of sp³-hybridized carbons (Fsp3) is 0.346. The van der Waals surface area contributed by atoms with Crippen LogP contribution >= 0.6 is 27.7 Å². The largest absolute Gasteiger partial charge is 0.454 e. The number of fused-ring (bicyclic) bond motifs is 2. The number of anilines is 1. The summed E-state index contributed by atoms with van der Waals surface area (Å²) in [5.41, 5.74) is 9.24. The van der Waals surface area contributed by atoms with Gasteiger partial charge in [0.2, 0.25) is 24.1 Å². The van der Waals surface area contributed by atoms with Crippen molar-refractivity contribution in [2.45, 2.75) is 54.6 Å². The van der Waals surface area contributed by atoms with Gasteiger partial charge in [-0.25, -0.2) is 4.57 Å². The van der Waals surface area contributed by atoms with Gasteiger partial charge in [-0.2, -0.15) is 0 Å². The number of imidazole rings is 1. The average molecular weight is 554 g/mol. The first-order valence-corrected chi connectivity index (χ1v) is 13.6. The molecule has 0 bridgehead atoms. The van der Waals surface area contributed by atoms with Crippen molar-refractivity contribution < 1.29 is 14.0 Å². The fourth-order valence-electron chi connectivity index (χ4n) is 5.22.